The van der Waals surface area contributed by atoms with Gasteiger partial charge in [-0.05, 0) is 43.7 Å². The first kappa shape index (κ1) is 30.6. The van der Waals surface area contributed by atoms with Crippen LogP contribution in [0.2, 0.25) is 0 Å². The van der Waals surface area contributed by atoms with E-state index < -0.39 is 23.9 Å². The van der Waals surface area contributed by atoms with Crippen LogP contribution in [0, 0.1) is 0 Å². The van der Waals surface area contributed by atoms with Gasteiger partial charge in [0.2, 0.25) is 0 Å². The lowest BCUT2D eigenvalue weighted by molar-refractivity contribution is -0.153. The van der Waals surface area contributed by atoms with Crippen molar-refractivity contribution < 1.29 is 38.3 Å². The fourth-order valence-electron chi connectivity index (χ4n) is 3.25. The van der Waals surface area contributed by atoms with Crippen molar-refractivity contribution in [1.82, 2.24) is 15.1 Å². The van der Waals surface area contributed by atoms with Crippen molar-refractivity contribution >= 4 is 35.1 Å². The Balaban J connectivity index is 0.000000445. The number of oxime groups is 1. The highest BCUT2D eigenvalue weighted by Gasteiger charge is 2.36. The number of nitrogens with one attached hydrogen (secondary N) is 1. The van der Waals surface area contributed by atoms with Crippen LogP contribution in [0.1, 0.15) is 45.6 Å². The lowest BCUT2D eigenvalue weighted by Crippen LogP contribution is -2.58. The van der Waals surface area contributed by atoms with Crippen molar-refractivity contribution in [2.45, 2.75) is 34.2 Å². The summed E-state index contributed by atoms with van der Waals surface area (Å²) in [7, 11) is 1.38. The van der Waals surface area contributed by atoms with E-state index in [2.05, 4.69) is 15.3 Å². The summed E-state index contributed by atoms with van der Waals surface area (Å²) < 4.78 is 4.98. The van der Waals surface area contributed by atoms with Gasteiger partial charge in [0.15, 0.2) is 23.0 Å². The van der Waals surface area contributed by atoms with E-state index in [0.717, 1.165) is 4.90 Å². The molecular formula is C25H32N4O8. The van der Waals surface area contributed by atoms with Crippen LogP contribution in [0.4, 0.5) is 4.79 Å². The van der Waals surface area contributed by atoms with Crippen molar-refractivity contribution in [1.29, 1.82) is 0 Å². The van der Waals surface area contributed by atoms with E-state index in [1.165, 1.54) is 56.4 Å². The summed E-state index contributed by atoms with van der Waals surface area (Å²) in [5.41, 5.74) is 0.669. The second-order valence-electron chi connectivity index (χ2n) is 7.58. The first-order chi connectivity index (χ1) is 17.1. The Labute approximate surface area is 214 Å². The highest BCUT2D eigenvalue weighted by atomic mass is 16.6. The van der Waals surface area contributed by atoms with Crippen LogP contribution in [-0.2, 0) is 24.0 Å². The maximum absolute atomic E-state index is 12.3. The van der Waals surface area contributed by atoms with Gasteiger partial charge in [-0.25, -0.2) is 4.79 Å². The summed E-state index contributed by atoms with van der Waals surface area (Å²) in [4.78, 5) is 65.7. The van der Waals surface area contributed by atoms with Crippen LogP contribution >= 0.6 is 0 Å². The minimum absolute atomic E-state index is 0. The highest BCUT2D eigenvalue weighted by molar-refractivity contribution is 6.44. The lowest BCUT2D eigenvalue weighted by atomic mass is 10.0. The normalized spacial score (nSPS) is 14.1. The number of carbonyl (C=O) groups excluding carboxylic acids is 5. The van der Waals surface area contributed by atoms with Crippen LogP contribution in [0.25, 0.3) is 0 Å². The van der Waals surface area contributed by atoms with Crippen molar-refractivity contribution in [3.05, 3.63) is 54.0 Å². The number of benzene rings is 1. The number of phenols is 1. The summed E-state index contributed by atoms with van der Waals surface area (Å²) in [5.74, 6) is -1.71. The average Bonchev–Trinajstić information content (AvgIpc) is 3.37. The third-order valence-electron chi connectivity index (χ3n) is 5.11. The summed E-state index contributed by atoms with van der Waals surface area (Å²) >= 11 is 0. The lowest BCUT2D eigenvalue weighted by Gasteiger charge is -2.32. The monoisotopic (exact) mass is 516 g/mol. The van der Waals surface area contributed by atoms with Crippen molar-refractivity contribution in [2.24, 2.45) is 5.16 Å². The molecule has 1 saturated heterocycles. The molecule has 0 spiro atoms. The molecule has 1 aliphatic rings. The fourth-order valence-corrected chi connectivity index (χ4v) is 3.25. The molecule has 3 rings (SSSR count). The van der Waals surface area contributed by atoms with Crippen LogP contribution in [0.5, 0.6) is 5.75 Å². The van der Waals surface area contributed by atoms with Gasteiger partial charge in [0.05, 0.1) is 6.26 Å². The quantitative estimate of drug-likeness (QED) is 0.322. The Bertz CT molecular complexity index is 1130. The van der Waals surface area contributed by atoms with Gasteiger partial charge in [-0.15, -0.1) is 0 Å². The van der Waals surface area contributed by atoms with Gasteiger partial charge in [-0.1, -0.05) is 24.7 Å². The molecule has 2 aromatic rings. The molecule has 0 saturated carbocycles. The Morgan fingerprint density at radius 2 is 1.76 bits per heavy atom. The van der Waals surface area contributed by atoms with Crippen LogP contribution in [-0.4, -0.2) is 76.8 Å². The van der Waals surface area contributed by atoms with Gasteiger partial charge in [-0.3, -0.25) is 24.1 Å². The number of carbonyl (C=O) groups is 5. The molecule has 1 atom stereocenters. The Kier molecular flexibility index (Phi) is 11.7. The maximum Gasteiger partial charge on any atom is 0.325 e. The van der Waals surface area contributed by atoms with E-state index in [9.17, 15) is 29.1 Å². The van der Waals surface area contributed by atoms with E-state index in [1.54, 1.807) is 19.1 Å². The first-order valence-corrected chi connectivity index (χ1v) is 11.0. The molecule has 1 fully saturated rings. The highest BCUT2D eigenvalue weighted by Crippen LogP contribution is 2.18. The number of hydrogen-bond donors (Lipinski definition) is 2. The number of nitrogens with zero attached hydrogens (tertiary/aromatic N) is 3. The summed E-state index contributed by atoms with van der Waals surface area (Å²) in [6.07, 6.45) is 1.48. The minimum Gasteiger partial charge on any atom is -0.508 e. The number of piperazine rings is 1. The zero-order valence-electron chi connectivity index (χ0n) is 20.4. The van der Waals surface area contributed by atoms with E-state index in [4.69, 9.17) is 4.42 Å². The molecule has 4 amide bonds. The summed E-state index contributed by atoms with van der Waals surface area (Å²) in [6, 6.07) is 7.37. The molecule has 2 N–H and O–H groups in total. The average molecular weight is 517 g/mol. The third-order valence-corrected chi connectivity index (χ3v) is 5.11. The third kappa shape index (κ3) is 8.02. The number of Topliss-reactive ketones (excluding diaryl/α,β-unsaturated/α-hetero) is 2. The van der Waals surface area contributed by atoms with E-state index >= 15 is 0 Å². The number of ketones is 2. The molecule has 37 heavy (non-hydrogen) atoms. The number of imide groups is 1. The fraction of sp³-hybridized carbons (Fsp3) is 0.360. The van der Waals surface area contributed by atoms with Crippen LogP contribution < -0.4 is 5.32 Å². The molecular weight excluding hydrogens is 484 g/mol. The number of phenolic OH excluding ortho intramolecular Hbond substituents is 1. The second-order valence-corrected chi connectivity index (χ2v) is 7.58. The SMILES string of the molecule is C.CCN1CCN(C(=O)NC(C(C)=O)c2ccc(O)cc2)C(=O)C1=O.CO/N=C(\C(C)=O)c1ccco1. The predicted octanol–water partition coefficient (Wildman–Crippen LogP) is 2.28. The standard InChI is InChI=1S/C16H19N3O5.C8H9NO3.CH4/c1-3-18-8-9-19(15(23)14(18)22)16(24)17-13(10(2)20)11-4-6-12(21)7-5-11;1-6(10)8(9-11-2)7-4-3-5-12-7;/h4-7,13,21H,3,8-9H2,1-2H3,(H,17,24);3-5H,1-2H3;1H4/b;9-8+;. The van der Waals surface area contributed by atoms with Crippen molar-refractivity contribution in [3.63, 3.8) is 0 Å². The molecule has 0 bridgehead atoms. The summed E-state index contributed by atoms with van der Waals surface area (Å²) in [6.45, 7) is 5.18. The maximum atomic E-state index is 12.3. The van der Waals surface area contributed by atoms with Gasteiger partial charge in [0, 0.05) is 26.6 Å². The first-order valence-electron chi connectivity index (χ1n) is 11.0. The minimum atomic E-state index is -0.967. The number of urea groups is 1. The second kappa shape index (κ2) is 14.2. The molecule has 0 aliphatic carbocycles. The van der Waals surface area contributed by atoms with Crippen molar-refractivity contribution in [2.75, 3.05) is 26.7 Å². The predicted molar refractivity (Wildman–Crippen MR) is 134 cm³/mol. The van der Waals surface area contributed by atoms with Gasteiger partial charge in [0.1, 0.15) is 18.9 Å². The topological polar surface area (TPSA) is 159 Å². The molecule has 1 aliphatic heterocycles. The summed E-state index contributed by atoms with van der Waals surface area (Å²) in [5, 5.41) is 15.3. The number of likely N-dealkylation sites (N-methyl/N-ethyl adjacent to an activating group) is 1. The Morgan fingerprint density at radius 3 is 2.24 bits per heavy atom. The molecule has 1 aromatic heterocycles. The number of furan rings is 1. The largest absolute Gasteiger partial charge is 0.508 e. The zero-order chi connectivity index (χ0) is 26.8. The number of hydrogen-bond acceptors (Lipinski definition) is 9. The number of aromatic hydroxyl groups is 1. The molecule has 200 valence electrons. The van der Waals surface area contributed by atoms with Gasteiger partial charge < -0.3 is 24.6 Å². The van der Waals surface area contributed by atoms with E-state index in [0.29, 0.717) is 17.9 Å². The molecule has 0 radical (unpaired) electrons. The molecule has 12 heteroatoms. The van der Waals surface area contributed by atoms with E-state index in [-0.39, 0.29) is 43.5 Å². The van der Waals surface area contributed by atoms with Gasteiger partial charge >= 0.3 is 17.8 Å². The molecule has 2 heterocycles. The zero-order valence-corrected chi connectivity index (χ0v) is 20.4. The molecule has 1 unspecified atom stereocenters. The van der Waals surface area contributed by atoms with Crippen LogP contribution in [0.3, 0.4) is 0 Å². The van der Waals surface area contributed by atoms with E-state index in [1.807, 2.05) is 0 Å². The molecule has 12 nitrogen and oxygen atoms in total. The Hall–Kier alpha value is -4.48. The number of amides is 4. The Morgan fingerprint density at radius 1 is 1.11 bits per heavy atom. The smallest absolute Gasteiger partial charge is 0.325 e. The van der Waals surface area contributed by atoms with Crippen LogP contribution in [0.15, 0.2) is 52.2 Å². The molecule has 1 aromatic carbocycles. The van der Waals surface area contributed by atoms with Gasteiger partial charge in [0.25, 0.3) is 0 Å². The number of rotatable bonds is 7. The van der Waals surface area contributed by atoms with Gasteiger partial charge in [-0.2, -0.15) is 0 Å². The van der Waals surface area contributed by atoms with Crippen molar-refractivity contribution in [3.8, 4) is 5.75 Å².